The first-order valence-electron chi connectivity index (χ1n) is 9.58. The number of rotatable bonds is 7. The van der Waals surface area contributed by atoms with Crippen molar-refractivity contribution >= 4 is 50.5 Å². The third kappa shape index (κ3) is 3.82. The average molecular weight is 448 g/mol. The van der Waals surface area contributed by atoms with E-state index in [1.54, 1.807) is 4.57 Å². The molecule has 1 amide bonds. The predicted molar refractivity (Wildman–Crippen MR) is 116 cm³/mol. The van der Waals surface area contributed by atoms with Crippen molar-refractivity contribution < 1.29 is 9.18 Å². The summed E-state index contributed by atoms with van der Waals surface area (Å²) in [5.74, 6) is 0.494. The summed E-state index contributed by atoms with van der Waals surface area (Å²) < 4.78 is 17.5. The highest BCUT2D eigenvalue weighted by Crippen LogP contribution is 2.21. The maximum Gasteiger partial charge on any atom is 0.272 e. The van der Waals surface area contributed by atoms with Crippen molar-refractivity contribution in [1.29, 1.82) is 0 Å². The van der Waals surface area contributed by atoms with E-state index in [1.165, 1.54) is 29.5 Å². The van der Waals surface area contributed by atoms with Crippen LogP contribution < -0.4 is 10.9 Å². The quantitative estimate of drug-likeness (QED) is 0.458. The molecule has 0 radical (unpaired) electrons. The lowest BCUT2D eigenvalue weighted by atomic mass is 10.2. The number of benzene rings is 1. The van der Waals surface area contributed by atoms with Gasteiger partial charge in [-0.1, -0.05) is 18.5 Å². The van der Waals surface area contributed by atoms with Gasteiger partial charge in [0, 0.05) is 25.1 Å². The van der Waals surface area contributed by atoms with E-state index in [0.717, 1.165) is 11.9 Å². The molecule has 0 unspecified atom stereocenters. The van der Waals surface area contributed by atoms with Crippen LogP contribution in [-0.4, -0.2) is 25.1 Å². The molecule has 0 bridgehead atoms. The van der Waals surface area contributed by atoms with Crippen molar-refractivity contribution in [1.82, 2.24) is 19.2 Å². The molecular weight excluding hydrogens is 429 g/mol. The summed E-state index contributed by atoms with van der Waals surface area (Å²) in [6.07, 6.45) is 2.13. The fourth-order valence-electron chi connectivity index (χ4n) is 3.37. The van der Waals surface area contributed by atoms with Gasteiger partial charge < -0.3 is 5.32 Å². The summed E-state index contributed by atoms with van der Waals surface area (Å²) in [5, 5.41) is 13.1. The Morgan fingerprint density at radius 1 is 1.30 bits per heavy atom. The maximum absolute atomic E-state index is 13.2. The van der Waals surface area contributed by atoms with E-state index in [0.29, 0.717) is 41.4 Å². The first-order valence-corrected chi connectivity index (χ1v) is 10.8. The molecule has 0 aliphatic rings. The van der Waals surface area contributed by atoms with E-state index >= 15 is 0 Å². The number of aromatic nitrogens is 4. The average Bonchev–Trinajstić information content (AvgIpc) is 3.35. The van der Waals surface area contributed by atoms with Gasteiger partial charge in [0.05, 0.1) is 10.5 Å². The summed E-state index contributed by atoms with van der Waals surface area (Å²) >= 11 is 7.14. The number of halogens is 2. The number of fused-ring (bicyclic) bond motifs is 3. The fraction of sp³-hybridized carbons (Fsp3) is 0.300. The molecule has 0 aliphatic carbocycles. The number of nitrogens with one attached hydrogen (secondary N) is 1. The molecule has 0 fully saturated rings. The first kappa shape index (κ1) is 20.5. The number of carbonyl (C=O) groups excluding carboxylic acids is 1. The highest BCUT2D eigenvalue weighted by molar-refractivity contribution is 7.17. The zero-order valence-electron chi connectivity index (χ0n) is 16.2. The van der Waals surface area contributed by atoms with Crippen LogP contribution in [-0.2, 0) is 17.8 Å². The number of nitrogens with zero attached hydrogens (tertiary/aromatic N) is 4. The van der Waals surface area contributed by atoms with E-state index in [1.807, 2.05) is 22.8 Å². The Bertz CT molecular complexity index is 1300. The molecule has 30 heavy (non-hydrogen) atoms. The van der Waals surface area contributed by atoms with Gasteiger partial charge in [0.2, 0.25) is 11.7 Å². The molecule has 0 atom stereocenters. The van der Waals surface area contributed by atoms with E-state index in [2.05, 4.69) is 15.5 Å². The molecule has 10 heteroatoms. The number of carbonyl (C=O) groups is 1. The topological polar surface area (TPSA) is 81.3 Å². The summed E-state index contributed by atoms with van der Waals surface area (Å²) in [7, 11) is 0. The largest absolute Gasteiger partial charge is 0.326 e. The van der Waals surface area contributed by atoms with Crippen LogP contribution in [0.2, 0.25) is 5.02 Å². The third-order valence-corrected chi connectivity index (χ3v) is 5.92. The Kier molecular flexibility index (Phi) is 5.83. The molecule has 0 aliphatic heterocycles. The van der Waals surface area contributed by atoms with Gasteiger partial charge in [-0.2, -0.15) is 0 Å². The molecule has 0 saturated carbocycles. The number of amides is 1. The van der Waals surface area contributed by atoms with Crippen LogP contribution in [0.5, 0.6) is 0 Å². The molecule has 1 N–H and O–H groups in total. The van der Waals surface area contributed by atoms with E-state index in [-0.39, 0.29) is 22.9 Å². The Morgan fingerprint density at radius 3 is 2.90 bits per heavy atom. The maximum atomic E-state index is 13.2. The number of hydrogen-bond acceptors (Lipinski definition) is 5. The smallest absolute Gasteiger partial charge is 0.272 e. The fourth-order valence-corrected chi connectivity index (χ4v) is 4.38. The first-order chi connectivity index (χ1) is 14.5. The van der Waals surface area contributed by atoms with Gasteiger partial charge in [-0.05, 0) is 42.5 Å². The van der Waals surface area contributed by atoms with Gasteiger partial charge in [-0.3, -0.25) is 18.6 Å². The summed E-state index contributed by atoms with van der Waals surface area (Å²) in [5.41, 5.74) is 1.19. The SMILES string of the molecule is CCCn1c(=O)c2sccc2n2c(CCCC(=O)Nc3ccc(F)c(Cl)c3)nnc12. The summed E-state index contributed by atoms with van der Waals surface area (Å²) in [6.45, 7) is 2.57. The minimum Gasteiger partial charge on any atom is -0.326 e. The molecule has 3 heterocycles. The molecule has 3 aromatic heterocycles. The Hall–Kier alpha value is -2.78. The lowest BCUT2D eigenvalue weighted by Gasteiger charge is -2.08. The van der Waals surface area contributed by atoms with Gasteiger partial charge >= 0.3 is 0 Å². The lowest BCUT2D eigenvalue weighted by molar-refractivity contribution is -0.116. The Morgan fingerprint density at radius 2 is 2.13 bits per heavy atom. The molecule has 1 aromatic carbocycles. The van der Waals surface area contributed by atoms with Crippen LogP contribution in [0.3, 0.4) is 0 Å². The van der Waals surface area contributed by atoms with Crippen LogP contribution in [0.15, 0.2) is 34.4 Å². The van der Waals surface area contributed by atoms with Gasteiger partial charge in [0.25, 0.3) is 5.56 Å². The Balaban J connectivity index is 1.51. The van der Waals surface area contributed by atoms with Gasteiger partial charge in [0.1, 0.15) is 16.3 Å². The second-order valence-corrected chi connectivity index (χ2v) is 8.20. The molecular formula is C20H19ClFN5O2S. The lowest BCUT2D eigenvalue weighted by Crippen LogP contribution is -2.22. The molecule has 156 valence electrons. The molecule has 0 saturated heterocycles. The Labute approximate surface area is 180 Å². The van der Waals surface area contributed by atoms with Crippen LogP contribution in [0, 0.1) is 5.82 Å². The highest BCUT2D eigenvalue weighted by atomic mass is 35.5. The number of aryl methyl sites for hydroxylation is 2. The van der Waals surface area contributed by atoms with Crippen LogP contribution in [0.25, 0.3) is 16.0 Å². The molecule has 4 rings (SSSR count). The zero-order valence-corrected chi connectivity index (χ0v) is 17.8. The highest BCUT2D eigenvalue weighted by Gasteiger charge is 2.17. The monoisotopic (exact) mass is 447 g/mol. The minimum absolute atomic E-state index is 0.0411. The number of hydrogen-bond donors (Lipinski definition) is 1. The summed E-state index contributed by atoms with van der Waals surface area (Å²) in [4.78, 5) is 25.0. The minimum atomic E-state index is -0.533. The van der Waals surface area contributed by atoms with Gasteiger partial charge in [0.15, 0.2) is 0 Å². The van der Waals surface area contributed by atoms with Crippen molar-refractivity contribution in [2.75, 3.05) is 5.32 Å². The van der Waals surface area contributed by atoms with Crippen LogP contribution in [0.4, 0.5) is 10.1 Å². The number of thiophene rings is 1. The van der Waals surface area contributed by atoms with Gasteiger partial charge in [-0.15, -0.1) is 21.5 Å². The van der Waals surface area contributed by atoms with E-state index < -0.39 is 5.82 Å². The predicted octanol–water partition coefficient (Wildman–Crippen LogP) is 4.27. The molecule has 7 nitrogen and oxygen atoms in total. The van der Waals surface area contributed by atoms with Crippen molar-refractivity contribution in [2.45, 2.75) is 39.2 Å². The van der Waals surface area contributed by atoms with Crippen molar-refractivity contribution in [3.63, 3.8) is 0 Å². The van der Waals surface area contributed by atoms with Crippen LogP contribution in [0.1, 0.15) is 32.0 Å². The van der Waals surface area contributed by atoms with Crippen molar-refractivity contribution in [3.8, 4) is 0 Å². The van der Waals surface area contributed by atoms with E-state index in [9.17, 15) is 14.0 Å². The number of anilines is 1. The summed E-state index contributed by atoms with van der Waals surface area (Å²) in [6, 6.07) is 5.94. The van der Waals surface area contributed by atoms with Crippen molar-refractivity contribution in [3.05, 3.63) is 56.7 Å². The standard InChI is InChI=1S/C20H19ClFN5O2S/c1-2-9-26-19(29)18-15(8-10-30-18)27-16(24-25-20(26)27)4-3-5-17(28)23-12-6-7-14(22)13(21)11-12/h6-8,10-11H,2-5,9H2,1H3,(H,23,28). The van der Waals surface area contributed by atoms with Gasteiger partial charge in [-0.25, -0.2) is 4.39 Å². The van der Waals surface area contributed by atoms with E-state index in [4.69, 9.17) is 11.6 Å². The second-order valence-electron chi connectivity index (χ2n) is 6.87. The zero-order chi connectivity index (χ0) is 21.3. The second kappa shape index (κ2) is 8.53. The molecule has 0 spiro atoms. The normalized spacial score (nSPS) is 11.4. The molecule has 4 aromatic rings. The van der Waals surface area contributed by atoms with Crippen LogP contribution >= 0.6 is 22.9 Å². The third-order valence-electron chi connectivity index (χ3n) is 4.73. The van der Waals surface area contributed by atoms with Crippen molar-refractivity contribution in [2.24, 2.45) is 0 Å².